The highest BCUT2D eigenvalue weighted by Crippen LogP contribution is 2.31. The number of anilines is 1. The van der Waals surface area contributed by atoms with E-state index in [1.54, 1.807) is 0 Å². The van der Waals surface area contributed by atoms with Gasteiger partial charge in [0.25, 0.3) is 5.91 Å². The Morgan fingerprint density at radius 2 is 1.96 bits per heavy atom. The fraction of sp³-hybridized carbons (Fsp3) is 0.158. The Labute approximate surface area is 139 Å². The van der Waals surface area contributed by atoms with Crippen LogP contribution in [0.5, 0.6) is 0 Å². The molecule has 1 aromatic carbocycles. The number of nitrogens with zero attached hydrogens (tertiary/aromatic N) is 2. The van der Waals surface area contributed by atoms with E-state index in [-0.39, 0.29) is 17.2 Å². The number of fused-ring (bicyclic) bond motifs is 3. The van der Waals surface area contributed by atoms with Crippen LogP contribution in [0, 0.1) is 6.92 Å². The number of carbonyl (C=O) groups is 1. The van der Waals surface area contributed by atoms with Crippen molar-refractivity contribution in [3.8, 4) is 0 Å². The van der Waals surface area contributed by atoms with Crippen molar-refractivity contribution in [3.05, 3.63) is 71.4 Å². The Balaban J connectivity index is 1.78. The van der Waals surface area contributed by atoms with Crippen molar-refractivity contribution in [2.75, 3.05) is 5.32 Å². The van der Waals surface area contributed by atoms with Gasteiger partial charge in [-0.25, -0.2) is 4.98 Å². The minimum atomic E-state index is -0.328. The van der Waals surface area contributed by atoms with Gasteiger partial charge in [-0.15, -0.1) is 0 Å². The van der Waals surface area contributed by atoms with Crippen molar-refractivity contribution in [1.82, 2.24) is 9.38 Å². The molecule has 2 aromatic heterocycles. The Hall–Kier alpha value is -3.08. The van der Waals surface area contributed by atoms with Crippen LogP contribution < -0.4 is 5.32 Å². The average molecular weight is 319 g/mol. The SMILES string of the molecule is Cc1ccccc1NC(=O)C1=C(O)CCc2c1nc1ccccn21. The molecule has 5 heteroatoms. The molecule has 120 valence electrons. The van der Waals surface area contributed by atoms with Gasteiger partial charge in [0.15, 0.2) is 0 Å². The summed E-state index contributed by atoms with van der Waals surface area (Å²) in [6.45, 7) is 1.93. The van der Waals surface area contributed by atoms with E-state index in [0.717, 1.165) is 22.6 Å². The van der Waals surface area contributed by atoms with E-state index in [9.17, 15) is 9.90 Å². The Kier molecular flexibility index (Phi) is 3.34. The van der Waals surface area contributed by atoms with Crippen molar-refractivity contribution in [2.45, 2.75) is 19.8 Å². The number of benzene rings is 1. The highest BCUT2D eigenvalue weighted by Gasteiger charge is 2.28. The molecule has 2 heterocycles. The molecule has 24 heavy (non-hydrogen) atoms. The first kappa shape index (κ1) is 14.5. The number of amides is 1. The summed E-state index contributed by atoms with van der Waals surface area (Å²) in [7, 11) is 0. The highest BCUT2D eigenvalue weighted by atomic mass is 16.3. The van der Waals surface area contributed by atoms with Crippen LogP contribution in [0.15, 0.2) is 54.4 Å². The van der Waals surface area contributed by atoms with Crippen molar-refractivity contribution in [3.63, 3.8) is 0 Å². The summed E-state index contributed by atoms with van der Waals surface area (Å²) in [5.74, 6) is -0.233. The molecule has 0 spiro atoms. The first-order valence-corrected chi connectivity index (χ1v) is 7.90. The zero-order valence-corrected chi connectivity index (χ0v) is 13.3. The van der Waals surface area contributed by atoms with E-state index in [0.29, 0.717) is 18.5 Å². The molecule has 0 fully saturated rings. The minimum absolute atomic E-state index is 0.0944. The maximum absolute atomic E-state index is 12.8. The third-order valence-corrected chi connectivity index (χ3v) is 4.37. The molecule has 0 saturated heterocycles. The van der Waals surface area contributed by atoms with Crippen LogP contribution in [0.25, 0.3) is 11.2 Å². The van der Waals surface area contributed by atoms with Gasteiger partial charge in [0.05, 0.1) is 5.69 Å². The number of carbonyl (C=O) groups excluding carboxylic acids is 1. The number of hydrogen-bond donors (Lipinski definition) is 2. The van der Waals surface area contributed by atoms with Crippen molar-refractivity contribution in [2.24, 2.45) is 0 Å². The number of aliphatic hydroxyl groups is 1. The maximum atomic E-state index is 12.8. The molecule has 0 saturated carbocycles. The number of rotatable bonds is 2. The Morgan fingerprint density at radius 1 is 1.17 bits per heavy atom. The third-order valence-electron chi connectivity index (χ3n) is 4.37. The number of para-hydroxylation sites is 1. The molecule has 3 aromatic rings. The van der Waals surface area contributed by atoms with Crippen molar-refractivity contribution < 1.29 is 9.90 Å². The van der Waals surface area contributed by atoms with Crippen LogP contribution in [0.2, 0.25) is 0 Å². The van der Waals surface area contributed by atoms with Gasteiger partial charge < -0.3 is 14.8 Å². The number of aryl methyl sites for hydroxylation is 2. The topological polar surface area (TPSA) is 66.6 Å². The van der Waals surface area contributed by atoms with E-state index < -0.39 is 0 Å². The molecule has 1 amide bonds. The summed E-state index contributed by atoms with van der Waals surface area (Å²) in [6, 6.07) is 13.3. The summed E-state index contributed by atoms with van der Waals surface area (Å²) in [5.41, 5.74) is 4.27. The van der Waals surface area contributed by atoms with E-state index in [4.69, 9.17) is 0 Å². The number of nitrogens with one attached hydrogen (secondary N) is 1. The second-order valence-electron chi connectivity index (χ2n) is 5.93. The zero-order chi connectivity index (χ0) is 16.7. The molecule has 5 nitrogen and oxygen atoms in total. The Morgan fingerprint density at radius 3 is 2.79 bits per heavy atom. The zero-order valence-electron chi connectivity index (χ0n) is 13.3. The Bertz CT molecular complexity index is 985. The van der Waals surface area contributed by atoms with Gasteiger partial charge in [-0.1, -0.05) is 24.3 Å². The number of aliphatic hydroxyl groups excluding tert-OH is 1. The third kappa shape index (κ3) is 2.25. The van der Waals surface area contributed by atoms with Crippen LogP contribution in [0.1, 0.15) is 23.4 Å². The number of aromatic nitrogens is 2. The molecule has 0 aliphatic heterocycles. The smallest absolute Gasteiger partial charge is 0.261 e. The second-order valence-corrected chi connectivity index (χ2v) is 5.93. The summed E-state index contributed by atoms with van der Waals surface area (Å²) >= 11 is 0. The summed E-state index contributed by atoms with van der Waals surface area (Å²) in [6.07, 6.45) is 3.03. The minimum Gasteiger partial charge on any atom is -0.511 e. The van der Waals surface area contributed by atoms with Crippen molar-refractivity contribution >= 4 is 22.8 Å². The molecule has 2 N–H and O–H groups in total. The van der Waals surface area contributed by atoms with Gasteiger partial charge in [-0.3, -0.25) is 4.79 Å². The largest absolute Gasteiger partial charge is 0.511 e. The monoisotopic (exact) mass is 319 g/mol. The van der Waals surface area contributed by atoms with Crippen molar-refractivity contribution in [1.29, 1.82) is 0 Å². The predicted molar refractivity (Wildman–Crippen MR) is 92.9 cm³/mol. The van der Waals surface area contributed by atoms with E-state index in [1.807, 2.05) is 60.0 Å². The first-order chi connectivity index (χ1) is 11.6. The van der Waals surface area contributed by atoms with E-state index in [2.05, 4.69) is 10.3 Å². The fourth-order valence-electron chi connectivity index (χ4n) is 3.12. The lowest BCUT2D eigenvalue weighted by Gasteiger charge is -2.17. The molecule has 0 atom stereocenters. The fourth-order valence-corrected chi connectivity index (χ4v) is 3.12. The summed E-state index contributed by atoms with van der Waals surface area (Å²) in [5, 5.41) is 13.2. The number of imidazole rings is 1. The van der Waals surface area contributed by atoms with Gasteiger partial charge >= 0.3 is 0 Å². The average Bonchev–Trinajstić information content (AvgIpc) is 2.95. The van der Waals surface area contributed by atoms with Gasteiger partial charge in [0, 0.05) is 18.3 Å². The van der Waals surface area contributed by atoms with E-state index in [1.165, 1.54) is 0 Å². The maximum Gasteiger partial charge on any atom is 0.261 e. The predicted octanol–water partition coefficient (Wildman–Crippen LogP) is 3.50. The lowest BCUT2D eigenvalue weighted by atomic mass is 9.97. The molecular formula is C19H17N3O2. The lowest BCUT2D eigenvalue weighted by Crippen LogP contribution is -2.20. The van der Waals surface area contributed by atoms with Crippen LogP contribution in [-0.4, -0.2) is 20.4 Å². The number of hydrogen-bond acceptors (Lipinski definition) is 3. The van der Waals surface area contributed by atoms with Gasteiger partial charge in [-0.2, -0.15) is 0 Å². The molecule has 1 aliphatic carbocycles. The second kappa shape index (κ2) is 5.53. The number of pyridine rings is 1. The summed E-state index contributed by atoms with van der Waals surface area (Å²) < 4.78 is 1.98. The molecule has 4 rings (SSSR count). The van der Waals surface area contributed by atoms with Gasteiger partial charge in [0.2, 0.25) is 0 Å². The first-order valence-electron chi connectivity index (χ1n) is 7.90. The van der Waals surface area contributed by atoms with Gasteiger partial charge in [0.1, 0.15) is 22.7 Å². The van der Waals surface area contributed by atoms with E-state index >= 15 is 0 Å². The summed E-state index contributed by atoms with van der Waals surface area (Å²) in [4.78, 5) is 17.3. The standard InChI is InChI=1S/C19H17N3O2/c1-12-6-2-3-7-13(12)20-19(24)17-15(23)10-9-14-18(17)21-16-8-4-5-11-22(14)16/h2-8,11,23H,9-10H2,1H3,(H,20,24). The lowest BCUT2D eigenvalue weighted by molar-refractivity contribution is -0.111. The molecule has 0 bridgehead atoms. The highest BCUT2D eigenvalue weighted by molar-refractivity contribution is 6.26. The van der Waals surface area contributed by atoms with Crippen LogP contribution in [-0.2, 0) is 11.2 Å². The van der Waals surface area contributed by atoms with Crippen LogP contribution in [0.4, 0.5) is 5.69 Å². The molecular weight excluding hydrogens is 302 g/mol. The molecule has 1 aliphatic rings. The normalized spacial score (nSPS) is 13.9. The van der Waals surface area contributed by atoms with Gasteiger partial charge in [-0.05, 0) is 37.1 Å². The quantitative estimate of drug-likeness (QED) is 0.760. The van der Waals surface area contributed by atoms with Crippen LogP contribution >= 0.6 is 0 Å². The molecule has 0 radical (unpaired) electrons. The number of allylic oxidation sites excluding steroid dienone is 1. The van der Waals surface area contributed by atoms with Crippen LogP contribution in [0.3, 0.4) is 0 Å². The molecule has 0 unspecified atom stereocenters.